The van der Waals surface area contributed by atoms with Gasteiger partial charge in [0.25, 0.3) is 5.91 Å². The summed E-state index contributed by atoms with van der Waals surface area (Å²) in [6, 6.07) is 13.7. The van der Waals surface area contributed by atoms with E-state index >= 15 is 0 Å². The molecule has 5 nitrogen and oxygen atoms in total. The number of likely N-dealkylation sites (N-methyl/N-ethyl adjacent to an activating group) is 1. The fourth-order valence-corrected chi connectivity index (χ4v) is 3.84. The van der Waals surface area contributed by atoms with Gasteiger partial charge in [-0.2, -0.15) is 0 Å². The molecule has 0 saturated carbocycles. The monoisotopic (exact) mass is 422 g/mol. The summed E-state index contributed by atoms with van der Waals surface area (Å²) in [6.45, 7) is 4.23. The molecule has 150 valence electrons. The van der Waals surface area contributed by atoms with E-state index in [-0.39, 0.29) is 5.91 Å². The third-order valence-electron chi connectivity index (χ3n) is 5.05. The van der Waals surface area contributed by atoms with Gasteiger partial charge in [-0.05, 0) is 30.3 Å². The van der Waals surface area contributed by atoms with Crippen molar-refractivity contribution < 1.29 is 14.4 Å². The summed E-state index contributed by atoms with van der Waals surface area (Å²) in [6.07, 6.45) is 0. The Morgan fingerprint density at radius 2 is 1.75 bits per heavy atom. The number of benzene rings is 2. The highest BCUT2D eigenvalue weighted by molar-refractivity contribution is 6.42. The first kappa shape index (κ1) is 20.8. The van der Waals surface area contributed by atoms with E-state index in [1.807, 2.05) is 36.2 Å². The molecule has 1 saturated heterocycles. The van der Waals surface area contributed by atoms with E-state index < -0.39 is 0 Å². The van der Waals surface area contributed by atoms with Crippen molar-refractivity contribution in [1.29, 1.82) is 0 Å². The van der Waals surface area contributed by atoms with Crippen LogP contribution in [0, 0.1) is 0 Å². The topological polar surface area (TPSA) is 37.2 Å². The van der Waals surface area contributed by atoms with Crippen molar-refractivity contribution in [3.63, 3.8) is 0 Å². The summed E-state index contributed by atoms with van der Waals surface area (Å²) in [5, 5.41) is 1.12. The van der Waals surface area contributed by atoms with Gasteiger partial charge in [0.1, 0.15) is 12.3 Å². The van der Waals surface area contributed by atoms with E-state index in [2.05, 4.69) is 17.0 Å². The Hall–Kier alpha value is -1.95. The smallest absolute Gasteiger partial charge is 0.277 e. The largest absolute Gasteiger partial charge is 0.497 e. The van der Waals surface area contributed by atoms with E-state index in [1.54, 1.807) is 13.2 Å². The number of halogens is 2. The zero-order valence-electron chi connectivity index (χ0n) is 16.3. The standard InChI is InChI=1S/C21H25Cl2N3O2/c1-24(14-16-4-3-5-19(22)21(16)23)15-20(27)26-12-10-25(11-13-26)17-6-8-18(28-2)9-7-17/h3-9H,10-15H2,1-2H3/p+1. The summed E-state index contributed by atoms with van der Waals surface area (Å²) >= 11 is 12.3. The second-order valence-electron chi connectivity index (χ2n) is 7.09. The lowest BCUT2D eigenvalue weighted by Gasteiger charge is -2.36. The quantitative estimate of drug-likeness (QED) is 0.776. The van der Waals surface area contributed by atoms with Crippen LogP contribution in [0.3, 0.4) is 0 Å². The number of ether oxygens (including phenoxy) is 1. The molecule has 2 aromatic carbocycles. The van der Waals surface area contributed by atoms with Crippen LogP contribution in [-0.4, -0.2) is 57.7 Å². The third-order valence-corrected chi connectivity index (χ3v) is 5.90. The number of rotatable bonds is 6. The van der Waals surface area contributed by atoms with Crippen molar-refractivity contribution in [2.45, 2.75) is 6.54 Å². The van der Waals surface area contributed by atoms with E-state index in [9.17, 15) is 4.79 Å². The number of carbonyl (C=O) groups is 1. The molecule has 1 fully saturated rings. The molecule has 2 aromatic rings. The number of amides is 1. The zero-order chi connectivity index (χ0) is 20.1. The molecule has 3 rings (SSSR count). The fraction of sp³-hybridized carbons (Fsp3) is 0.381. The minimum absolute atomic E-state index is 0.171. The molecule has 0 bridgehead atoms. The first-order chi connectivity index (χ1) is 13.5. The number of quaternary nitrogens is 1. The minimum atomic E-state index is 0.171. The lowest BCUT2D eigenvalue weighted by molar-refractivity contribution is -0.885. The molecule has 28 heavy (non-hydrogen) atoms. The van der Waals surface area contributed by atoms with E-state index in [4.69, 9.17) is 27.9 Å². The number of methoxy groups -OCH3 is 1. The van der Waals surface area contributed by atoms with Gasteiger partial charge in [-0.1, -0.05) is 35.3 Å². The molecule has 1 N–H and O–H groups in total. The average molecular weight is 423 g/mol. The third kappa shape index (κ3) is 5.10. The Balaban J connectivity index is 1.49. The number of anilines is 1. The predicted octanol–water partition coefficient (Wildman–Crippen LogP) is 2.37. The van der Waals surface area contributed by atoms with Gasteiger partial charge in [0.05, 0.1) is 24.2 Å². The molecule has 0 aliphatic carbocycles. The molecule has 1 atom stereocenters. The van der Waals surface area contributed by atoms with Gasteiger partial charge < -0.3 is 19.4 Å². The highest BCUT2D eigenvalue weighted by Gasteiger charge is 2.24. The highest BCUT2D eigenvalue weighted by Crippen LogP contribution is 2.25. The van der Waals surface area contributed by atoms with Gasteiger partial charge in [-0.3, -0.25) is 4.79 Å². The maximum absolute atomic E-state index is 12.7. The van der Waals surface area contributed by atoms with Crippen molar-refractivity contribution >= 4 is 34.8 Å². The minimum Gasteiger partial charge on any atom is -0.497 e. The number of hydrogen-bond acceptors (Lipinski definition) is 3. The van der Waals surface area contributed by atoms with Crippen LogP contribution in [-0.2, 0) is 11.3 Å². The van der Waals surface area contributed by atoms with Gasteiger partial charge in [0.15, 0.2) is 6.54 Å². The number of nitrogens with one attached hydrogen (secondary N) is 1. The fourth-order valence-electron chi connectivity index (χ4n) is 3.45. The Morgan fingerprint density at radius 1 is 1.07 bits per heavy atom. The summed E-state index contributed by atoms with van der Waals surface area (Å²) < 4.78 is 5.21. The van der Waals surface area contributed by atoms with Crippen LogP contribution in [0.1, 0.15) is 5.56 Å². The van der Waals surface area contributed by atoms with E-state index in [0.717, 1.165) is 48.1 Å². The van der Waals surface area contributed by atoms with Crippen molar-refractivity contribution in [2.24, 2.45) is 0 Å². The number of nitrogens with zero attached hydrogens (tertiary/aromatic N) is 2. The SMILES string of the molecule is COc1ccc(N2CCN(C(=O)C[NH+](C)Cc3cccc(Cl)c3Cl)CC2)cc1. The number of piperazine rings is 1. The van der Waals surface area contributed by atoms with Gasteiger partial charge in [0.2, 0.25) is 0 Å². The number of hydrogen-bond donors (Lipinski definition) is 1. The van der Waals surface area contributed by atoms with Crippen LogP contribution in [0.15, 0.2) is 42.5 Å². The van der Waals surface area contributed by atoms with E-state index in [1.165, 1.54) is 0 Å². The first-order valence-corrected chi connectivity index (χ1v) is 10.1. The first-order valence-electron chi connectivity index (χ1n) is 9.39. The Bertz CT molecular complexity index is 806. The van der Waals surface area contributed by atoms with Crippen LogP contribution in [0.25, 0.3) is 0 Å². The number of carbonyl (C=O) groups excluding carboxylic acids is 1. The summed E-state index contributed by atoms with van der Waals surface area (Å²) in [5.74, 6) is 1.02. The Kier molecular flexibility index (Phi) is 7.05. The molecule has 0 spiro atoms. The van der Waals surface area contributed by atoms with Crippen molar-refractivity contribution in [3.8, 4) is 5.75 Å². The summed E-state index contributed by atoms with van der Waals surface area (Å²) in [4.78, 5) is 18.0. The molecule has 1 aliphatic rings. The summed E-state index contributed by atoms with van der Waals surface area (Å²) in [7, 11) is 3.67. The van der Waals surface area contributed by atoms with Crippen LogP contribution in [0.4, 0.5) is 5.69 Å². The van der Waals surface area contributed by atoms with Crippen LogP contribution >= 0.6 is 23.2 Å². The van der Waals surface area contributed by atoms with Gasteiger partial charge in [-0.15, -0.1) is 0 Å². The lowest BCUT2D eigenvalue weighted by Crippen LogP contribution is -3.09. The summed E-state index contributed by atoms with van der Waals surface area (Å²) in [5.41, 5.74) is 2.12. The molecule has 1 unspecified atom stereocenters. The average Bonchev–Trinajstić information content (AvgIpc) is 2.71. The Morgan fingerprint density at radius 3 is 2.39 bits per heavy atom. The second kappa shape index (κ2) is 9.50. The molecule has 1 aliphatic heterocycles. The zero-order valence-corrected chi connectivity index (χ0v) is 17.8. The van der Waals surface area contributed by atoms with Crippen LogP contribution in [0.5, 0.6) is 5.75 Å². The molecular formula is C21H26Cl2N3O2+. The van der Waals surface area contributed by atoms with Gasteiger partial charge in [-0.25, -0.2) is 0 Å². The molecule has 0 radical (unpaired) electrons. The van der Waals surface area contributed by atoms with Crippen LogP contribution in [0.2, 0.25) is 10.0 Å². The van der Waals surface area contributed by atoms with Crippen molar-refractivity contribution in [3.05, 3.63) is 58.1 Å². The lowest BCUT2D eigenvalue weighted by atomic mass is 10.2. The van der Waals surface area contributed by atoms with Crippen molar-refractivity contribution in [2.75, 3.05) is 51.8 Å². The van der Waals surface area contributed by atoms with E-state index in [0.29, 0.717) is 23.1 Å². The molecule has 0 aromatic heterocycles. The maximum atomic E-state index is 12.7. The normalized spacial score (nSPS) is 15.4. The molecular weight excluding hydrogens is 397 g/mol. The Labute approximate surface area is 176 Å². The maximum Gasteiger partial charge on any atom is 0.277 e. The van der Waals surface area contributed by atoms with Gasteiger partial charge in [0, 0.05) is 37.4 Å². The molecule has 1 heterocycles. The van der Waals surface area contributed by atoms with Crippen molar-refractivity contribution in [1.82, 2.24) is 4.90 Å². The predicted molar refractivity (Wildman–Crippen MR) is 114 cm³/mol. The van der Waals surface area contributed by atoms with Gasteiger partial charge >= 0.3 is 0 Å². The molecule has 7 heteroatoms. The molecule has 1 amide bonds. The van der Waals surface area contributed by atoms with Crippen LogP contribution < -0.4 is 14.5 Å². The second-order valence-corrected chi connectivity index (χ2v) is 7.87. The highest BCUT2D eigenvalue weighted by atomic mass is 35.5.